The summed E-state index contributed by atoms with van der Waals surface area (Å²) >= 11 is 14.3. The normalized spacial score (nSPS) is 9.41. The summed E-state index contributed by atoms with van der Waals surface area (Å²) in [7, 11) is 0. The fraction of sp³-hybridized carbons (Fsp3) is 0. The maximum absolute atomic E-state index is 8.47. The summed E-state index contributed by atoms with van der Waals surface area (Å²) in [5, 5.41) is 9.07. The summed E-state index contributed by atoms with van der Waals surface area (Å²) in [5.41, 5.74) is 0.664. The molecule has 0 amide bonds. The largest absolute Gasteiger partial charge is 1.00 e. The Hall–Kier alpha value is 2.27. The zero-order chi connectivity index (χ0) is 11.3. The Labute approximate surface area is 201 Å². The summed E-state index contributed by atoms with van der Waals surface area (Å²) in [6.45, 7) is 0. The molecule has 0 aliphatic carbocycles. The van der Waals surface area contributed by atoms with Crippen LogP contribution in [0.5, 0.6) is 0 Å². The molecule has 1 aromatic rings. The number of halogens is 1. The minimum Gasteiger partial charge on any atom is -0.422 e. The number of aliphatic imine (C=N–C) groups is 2. The van der Waals surface area contributed by atoms with Crippen LogP contribution in [0.15, 0.2) is 34.3 Å². The first-order valence-corrected chi connectivity index (χ1v) is 5.04. The van der Waals surface area contributed by atoms with Crippen LogP contribution < -0.4 is 103 Å². The van der Waals surface area contributed by atoms with Gasteiger partial charge >= 0.3 is 103 Å². The monoisotopic (exact) mass is 332 g/mol. The molecule has 0 spiro atoms. The van der Waals surface area contributed by atoms with Crippen molar-refractivity contribution in [2.24, 2.45) is 9.98 Å². The molecule has 1 rings (SSSR count). The Balaban J connectivity index is 0. The fourth-order valence-corrected chi connectivity index (χ4v) is 1.20. The van der Waals surface area contributed by atoms with Crippen LogP contribution in [-0.4, -0.2) is 16.2 Å². The summed E-state index contributed by atoms with van der Waals surface area (Å²) in [5.74, 6) is 0.231. The van der Waals surface area contributed by atoms with E-state index in [1.165, 1.54) is 0 Å². The average molecular weight is 333 g/mol. The minimum absolute atomic E-state index is 0. The standard InChI is InChI=1S/C9H5ClN3S2.2K/c10-7-3-1-6(2-4-7)8(12-5-11)13-9(14)15;;/h1-4H,(H,14,15);;/q-1;2*+1. The van der Waals surface area contributed by atoms with Crippen LogP contribution in [0.25, 0.3) is 5.41 Å². The van der Waals surface area contributed by atoms with E-state index in [1.807, 2.05) is 0 Å². The molecule has 0 bridgehead atoms. The Morgan fingerprint density at radius 3 is 2.24 bits per heavy atom. The average Bonchev–Trinajstić information content (AvgIpc) is 2.17. The molecular formula is C9H5ClK2N3S2+. The van der Waals surface area contributed by atoms with E-state index in [0.717, 1.165) is 0 Å². The quantitative estimate of drug-likeness (QED) is 0.193. The van der Waals surface area contributed by atoms with Crippen LogP contribution in [0.2, 0.25) is 5.02 Å². The summed E-state index contributed by atoms with van der Waals surface area (Å²) < 4.78 is 0.124. The third kappa shape index (κ3) is 8.93. The molecule has 1 aromatic carbocycles. The molecule has 17 heavy (non-hydrogen) atoms. The van der Waals surface area contributed by atoms with Crippen molar-refractivity contribution in [1.82, 2.24) is 0 Å². The van der Waals surface area contributed by atoms with Gasteiger partial charge in [0.2, 0.25) is 0 Å². The van der Waals surface area contributed by atoms with Crippen molar-refractivity contribution in [3.8, 4) is 0 Å². The van der Waals surface area contributed by atoms with Crippen LogP contribution in [0.1, 0.15) is 5.56 Å². The summed E-state index contributed by atoms with van der Waals surface area (Å²) in [4.78, 5) is 7.39. The van der Waals surface area contributed by atoms with Gasteiger partial charge in [0.15, 0.2) is 4.32 Å². The zero-order valence-corrected chi connectivity index (χ0v) is 18.1. The zero-order valence-electron chi connectivity index (χ0n) is 9.38. The van der Waals surface area contributed by atoms with E-state index in [4.69, 9.17) is 29.2 Å². The predicted molar refractivity (Wildman–Crippen MR) is 70.4 cm³/mol. The number of benzene rings is 1. The number of hydrogen-bond donors (Lipinski definition) is 1. The first kappa shape index (κ1) is 21.6. The van der Waals surface area contributed by atoms with Crippen molar-refractivity contribution in [1.29, 1.82) is 0 Å². The maximum Gasteiger partial charge on any atom is 1.00 e. The van der Waals surface area contributed by atoms with Gasteiger partial charge in [0.25, 0.3) is 0 Å². The Kier molecular flexibility index (Phi) is 15.3. The van der Waals surface area contributed by atoms with Crippen molar-refractivity contribution in [2.45, 2.75) is 0 Å². The van der Waals surface area contributed by atoms with E-state index in [1.54, 1.807) is 30.3 Å². The third-order valence-corrected chi connectivity index (χ3v) is 1.90. The number of nitrogens with zero attached hydrogens (tertiary/aromatic N) is 3. The summed E-state index contributed by atoms with van der Waals surface area (Å²) in [6, 6.07) is 8.42. The molecule has 0 saturated heterocycles. The second-order valence-electron chi connectivity index (χ2n) is 2.44. The van der Waals surface area contributed by atoms with Crippen LogP contribution in [-0.2, 0) is 0 Å². The number of thiocarbonyl (C=S) groups is 1. The predicted octanol–water partition coefficient (Wildman–Crippen LogP) is -2.95. The molecule has 0 aromatic heterocycles. The summed E-state index contributed by atoms with van der Waals surface area (Å²) in [6.07, 6.45) is 0. The molecule has 76 valence electrons. The molecule has 0 radical (unpaired) electrons. The molecule has 0 aliphatic rings. The molecule has 0 unspecified atom stereocenters. The van der Waals surface area contributed by atoms with Gasteiger partial charge in [-0.05, 0) is 17.7 Å². The van der Waals surface area contributed by atoms with Gasteiger partial charge < -0.3 is 10.4 Å². The van der Waals surface area contributed by atoms with Gasteiger partial charge in [-0.15, -0.1) is 18.6 Å². The Morgan fingerprint density at radius 2 is 1.82 bits per heavy atom. The van der Waals surface area contributed by atoms with Crippen molar-refractivity contribution < 1.29 is 103 Å². The van der Waals surface area contributed by atoms with E-state index >= 15 is 0 Å². The Bertz CT molecular complexity index is 456. The molecule has 8 heteroatoms. The van der Waals surface area contributed by atoms with E-state index in [-0.39, 0.29) is 113 Å². The van der Waals surface area contributed by atoms with Gasteiger partial charge in [-0.1, -0.05) is 36.0 Å². The first-order chi connectivity index (χ1) is 7.13. The SMILES string of the molecule is [K+].[K+].[N-]=C=NC(=NC(=S)S)c1ccc(Cl)cc1. The maximum atomic E-state index is 8.47. The van der Waals surface area contributed by atoms with Crippen LogP contribution >= 0.6 is 36.4 Å². The molecule has 3 nitrogen and oxygen atoms in total. The molecule has 0 atom stereocenters. The van der Waals surface area contributed by atoms with Crippen LogP contribution in [0, 0.1) is 0 Å². The second kappa shape index (κ2) is 12.0. The molecule has 0 saturated carbocycles. The van der Waals surface area contributed by atoms with Gasteiger partial charge in [0.1, 0.15) is 0 Å². The molecular weight excluding hydrogens is 328 g/mol. The van der Waals surface area contributed by atoms with Crippen molar-refractivity contribution >= 4 is 52.6 Å². The van der Waals surface area contributed by atoms with Crippen molar-refractivity contribution in [3.05, 3.63) is 40.3 Å². The molecule has 0 aliphatic heterocycles. The number of hydrogen-bond acceptors (Lipinski definition) is 1. The number of amidine groups is 1. The van der Waals surface area contributed by atoms with E-state index in [0.29, 0.717) is 10.6 Å². The Morgan fingerprint density at radius 1 is 1.29 bits per heavy atom. The van der Waals surface area contributed by atoms with Gasteiger partial charge in [-0.2, -0.15) is 0 Å². The van der Waals surface area contributed by atoms with E-state index in [2.05, 4.69) is 22.6 Å². The third-order valence-electron chi connectivity index (χ3n) is 1.46. The van der Waals surface area contributed by atoms with Gasteiger partial charge in [0, 0.05) is 5.02 Å². The first-order valence-electron chi connectivity index (χ1n) is 3.81. The van der Waals surface area contributed by atoms with Gasteiger partial charge in [-0.25, -0.2) is 4.99 Å². The fourth-order valence-electron chi connectivity index (χ4n) is 0.891. The smallest absolute Gasteiger partial charge is 0.422 e. The van der Waals surface area contributed by atoms with Gasteiger partial charge in [-0.3, -0.25) is 0 Å². The second-order valence-corrected chi connectivity index (χ2v) is 3.99. The van der Waals surface area contributed by atoms with Crippen molar-refractivity contribution in [3.63, 3.8) is 0 Å². The molecule has 0 heterocycles. The molecule has 0 fully saturated rings. The van der Waals surface area contributed by atoms with Crippen molar-refractivity contribution in [2.75, 3.05) is 0 Å². The topological polar surface area (TPSA) is 47.0 Å². The van der Waals surface area contributed by atoms with Crippen LogP contribution in [0.3, 0.4) is 0 Å². The van der Waals surface area contributed by atoms with Gasteiger partial charge in [0.05, 0.1) is 5.84 Å². The van der Waals surface area contributed by atoms with Crippen LogP contribution in [0.4, 0.5) is 0 Å². The van der Waals surface area contributed by atoms with E-state index < -0.39 is 0 Å². The minimum atomic E-state index is 0. The number of rotatable bonds is 1. The van der Waals surface area contributed by atoms with E-state index in [9.17, 15) is 0 Å². The molecule has 0 N–H and O–H groups in total. The number of thiol groups is 1.